The highest BCUT2D eigenvalue weighted by Gasteiger charge is 2.03. The minimum atomic E-state index is 0.706. The lowest BCUT2D eigenvalue weighted by Gasteiger charge is -1.95. The third-order valence-electron chi connectivity index (χ3n) is 1.91. The monoisotopic (exact) mass is 202 g/mol. The van der Waals surface area contributed by atoms with E-state index in [4.69, 9.17) is 0 Å². The third kappa shape index (κ3) is 1.10. The fourth-order valence-electron chi connectivity index (χ4n) is 1.27. The van der Waals surface area contributed by atoms with Gasteiger partial charge >= 0.3 is 0 Å². The summed E-state index contributed by atoms with van der Waals surface area (Å²) in [7, 11) is 0. The average Bonchev–Trinajstić information content (AvgIpc) is 2.88. The Kier molecular flexibility index (Phi) is 1.57. The van der Waals surface area contributed by atoms with Crippen LogP contribution in [-0.4, -0.2) is 19.4 Å². The lowest BCUT2D eigenvalue weighted by atomic mass is 10.4. The van der Waals surface area contributed by atoms with Crippen LogP contribution in [0.5, 0.6) is 0 Å². The first kappa shape index (κ1) is 7.64. The van der Waals surface area contributed by atoms with Gasteiger partial charge in [-0.25, -0.2) is 15.0 Å². The van der Waals surface area contributed by atoms with Gasteiger partial charge in [0.25, 0.3) is 0 Å². The molecule has 0 amide bonds. The van der Waals surface area contributed by atoms with Gasteiger partial charge in [0.05, 0.1) is 0 Å². The molecule has 0 aliphatic rings. The zero-order chi connectivity index (χ0) is 9.38. The van der Waals surface area contributed by atoms with Crippen molar-refractivity contribution in [2.45, 2.75) is 0 Å². The number of nitrogens with zero attached hydrogens (tertiary/aromatic N) is 4. The molecule has 0 aliphatic carbocycles. The highest BCUT2D eigenvalue weighted by atomic mass is 32.1. The largest absolute Gasteiger partial charge is 0.291 e. The molecule has 0 atom stereocenters. The molecule has 0 aliphatic heterocycles. The van der Waals surface area contributed by atoms with Crippen LogP contribution in [0.3, 0.4) is 0 Å². The maximum atomic E-state index is 4.38. The number of rotatable bonds is 1. The second kappa shape index (κ2) is 2.88. The van der Waals surface area contributed by atoms with Gasteiger partial charge in [-0.3, -0.25) is 4.40 Å². The molecule has 3 heterocycles. The summed E-state index contributed by atoms with van der Waals surface area (Å²) < 4.78 is 1.87. The predicted octanol–water partition coefficient (Wildman–Crippen LogP) is 1.85. The summed E-state index contributed by atoms with van der Waals surface area (Å²) in [5.41, 5.74) is 0.874. The first-order chi connectivity index (χ1) is 6.93. The van der Waals surface area contributed by atoms with Crippen molar-refractivity contribution >= 4 is 17.1 Å². The number of fused-ring (bicyclic) bond motifs is 1. The van der Waals surface area contributed by atoms with Crippen LogP contribution in [0.15, 0.2) is 36.2 Å². The van der Waals surface area contributed by atoms with Crippen molar-refractivity contribution in [2.75, 3.05) is 0 Å². The molecule has 0 fully saturated rings. The van der Waals surface area contributed by atoms with E-state index >= 15 is 0 Å². The van der Waals surface area contributed by atoms with E-state index in [-0.39, 0.29) is 0 Å². The van der Waals surface area contributed by atoms with E-state index in [1.807, 2.05) is 28.2 Å². The van der Waals surface area contributed by atoms with Crippen LogP contribution in [-0.2, 0) is 0 Å². The van der Waals surface area contributed by atoms with E-state index < -0.39 is 0 Å². The van der Waals surface area contributed by atoms with E-state index in [1.54, 1.807) is 23.7 Å². The molecule has 0 bridgehead atoms. The molecule has 3 rings (SSSR count). The molecule has 0 saturated carbocycles. The van der Waals surface area contributed by atoms with Crippen molar-refractivity contribution in [1.82, 2.24) is 19.4 Å². The van der Waals surface area contributed by atoms with Gasteiger partial charge in [-0.15, -0.1) is 11.3 Å². The molecule has 3 aromatic heterocycles. The van der Waals surface area contributed by atoms with Crippen LogP contribution < -0.4 is 0 Å². The lowest BCUT2D eigenvalue weighted by Crippen LogP contribution is -1.89. The number of hydrogen-bond acceptors (Lipinski definition) is 4. The Morgan fingerprint density at radius 3 is 3.00 bits per heavy atom. The molecule has 0 saturated heterocycles. The van der Waals surface area contributed by atoms with Crippen LogP contribution in [0.4, 0.5) is 0 Å². The predicted molar refractivity (Wildman–Crippen MR) is 54.1 cm³/mol. The fourth-order valence-corrected chi connectivity index (χ4v) is 1.88. The van der Waals surface area contributed by atoms with E-state index in [2.05, 4.69) is 15.0 Å². The van der Waals surface area contributed by atoms with Crippen LogP contribution in [0.2, 0.25) is 0 Å². The quantitative estimate of drug-likeness (QED) is 0.604. The Balaban J connectivity index is 2.23. The summed E-state index contributed by atoms with van der Waals surface area (Å²) in [5, 5.41) is 2.86. The van der Waals surface area contributed by atoms with Gasteiger partial charge in [0.2, 0.25) is 5.78 Å². The van der Waals surface area contributed by atoms with Gasteiger partial charge in [0, 0.05) is 30.2 Å². The normalized spacial score (nSPS) is 10.9. The SMILES string of the molecule is c1csc(-c2ccn3ccnc3n2)n1. The van der Waals surface area contributed by atoms with E-state index in [1.165, 1.54) is 0 Å². The summed E-state index contributed by atoms with van der Waals surface area (Å²) in [6.07, 6.45) is 7.31. The second-order valence-corrected chi connectivity index (χ2v) is 3.68. The van der Waals surface area contributed by atoms with E-state index in [0.29, 0.717) is 5.78 Å². The maximum absolute atomic E-state index is 4.38. The molecule has 0 radical (unpaired) electrons. The summed E-state index contributed by atoms with van der Waals surface area (Å²) in [6, 6.07) is 1.94. The highest BCUT2D eigenvalue weighted by molar-refractivity contribution is 7.13. The van der Waals surface area contributed by atoms with Gasteiger partial charge in [-0.2, -0.15) is 0 Å². The Labute approximate surface area is 83.9 Å². The summed E-state index contributed by atoms with van der Waals surface area (Å²) in [4.78, 5) is 12.7. The van der Waals surface area contributed by atoms with Crippen molar-refractivity contribution in [1.29, 1.82) is 0 Å². The Hall–Kier alpha value is -1.75. The fraction of sp³-hybridized carbons (Fsp3) is 0. The Bertz CT molecular complexity index is 555. The van der Waals surface area contributed by atoms with Gasteiger partial charge in [-0.1, -0.05) is 0 Å². The van der Waals surface area contributed by atoms with Crippen molar-refractivity contribution in [3.8, 4) is 10.7 Å². The topological polar surface area (TPSA) is 43.1 Å². The highest BCUT2D eigenvalue weighted by Crippen LogP contribution is 2.19. The molecular formula is C9H6N4S. The Morgan fingerprint density at radius 2 is 2.14 bits per heavy atom. The minimum absolute atomic E-state index is 0.706. The van der Waals surface area contributed by atoms with Gasteiger partial charge in [0.1, 0.15) is 10.7 Å². The van der Waals surface area contributed by atoms with Gasteiger partial charge in [0.15, 0.2) is 0 Å². The molecule has 4 nitrogen and oxygen atoms in total. The smallest absolute Gasteiger partial charge is 0.234 e. The maximum Gasteiger partial charge on any atom is 0.234 e. The number of thiazole rings is 1. The first-order valence-corrected chi connectivity index (χ1v) is 5.01. The average molecular weight is 202 g/mol. The lowest BCUT2D eigenvalue weighted by molar-refractivity contribution is 1.11. The standard InChI is InChI=1S/C9H6N4S/c1-4-13-5-2-11-9(13)12-7(1)8-10-3-6-14-8/h1-6H. The van der Waals surface area contributed by atoms with Crippen LogP contribution in [0.25, 0.3) is 16.5 Å². The summed E-state index contributed by atoms with van der Waals surface area (Å²) in [5.74, 6) is 0.706. The van der Waals surface area contributed by atoms with Crippen LogP contribution in [0, 0.1) is 0 Å². The Morgan fingerprint density at radius 1 is 1.14 bits per heavy atom. The van der Waals surface area contributed by atoms with Crippen molar-refractivity contribution in [3.05, 3.63) is 36.2 Å². The molecule has 0 unspecified atom stereocenters. The molecule has 14 heavy (non-hydrogen) atoms. The zero-order valence-electron chi connectivity index (χ0n) is 7.16. The van der Waals surface area contributed by atoms with Gasteiger partial charge < -0.3 is 0 Å². The van der Waals surface area contributed by atoms with Crippen molar-refractivity contribution in [2.24, 2.45) is 0 Å². The first-order valence-electron chi connectivity index (χ1n) is 4.13. The minimum Gasteiger partial charge on any atom is -0.291 e. The van der Waals surface area contributed by atoms with Crippen LogP contribution >= 0.6 is 11.3 Å². The molecular weight excluding hydrogens is 196 g/mol. The zero-order valence-corrected chi connectivity index (χ0v) is 7.98. The van der Waals surface area contributed by atoms with E-state index in [9.17, 15) is 0 Å². The molecule has 0 spiro atoms. The number of aromatic nitrogens is 4. The molecule has 3 aromatic rings. The van der Waals surface area contributed by atoms with Crippen molar-refractivity contribution in [3.63, 3.8) is 0 Å². The summed E-state index contributed by atoms with van der Waals surface area (Å²) in [6.45, 7) is 0. The summed E-state index contributed by atoms with van der Waals surface area (Å²) >= 11 is 1.58. The second-order valence-electron chi connectivity index (χ2n) is 2.78. The molecule has 68 valence electrons. The number of imidazole rings is 1. The number of hydrogen-bond donors (Lipinski definition) is 0. The van der Waals surface area contributed by atoms with Gasteiger partial charge in [-0.05, 0) is 6.07 Å². The third-order valence-corrected chi connectivity index (χ3v) is 2.71. The molecule has 0 N–H and O–H groups in total. The molecule has 0 aromatic carbocycles. The van der Waals surface area contributed by atoms with Crippen LogP contribution in [0.1, 0.15) is 0 Å². The van der Waals surface area contributed by atoms with Crippen molar-refractivity contribution < 1.29 is 0 Å². The van der Waals surface area contributed by atoms with E-state index in [0.717, 1.165) is 10.7 Å². The molecule has 5 heteroatoms.